The standard InChI is InChI=1S/C15H25NO/c1-5-15(3,6-2)16-11-13-7-9-14(10-8-13)12-17-4/h7-10,16H,5-6,11-12H2,1-4H3. The molecule has 0 fully saturated rings. The molecule has 0 aliphatic carbocycles. The van der Waals surface area contributed by atoms with E-state index in [1.165, 1.54) is 11.1 Å². The van der Waals surface area contributed by atoms with Crippen molar-refractivity contribution in [2.75, 3.05) is 7.11 Å². The quantitative estimate of drug-likeness (QED) is 0.781. The van der Waals surface area contributed by atoms with E-state index in [1.54, 1.807) is 7.11 Å². The first-order valence-corrected chi connectivity index (χ1v) is 6.45. The molecule has 0 bridgehead atoms. The third-order valence-electron chi connectivity index (χ3n) is 3.61. The summed E-state index contributed by atoms with van der Waals surface area (Å²) in [4.78, 5) is 0. The number of hydrogen-bond donors (Lipinski definition) is 1. The average Bonchev–Trinajstić information content (AvgIpc) is 2.38. The third kappa shape index (κ3) is 4.49. The summed E-state index contributed by atoms with van der Waals surface area (Å²) >= 11 is 0. The smallest absolute Gasteiger partial charge is 0.0713 e. The predicted octanol–water partition coefficient (Wildman–Crippen LogP) is 3.50. The molecule has 0 spiro atoms. The molecular formula is C15H25NO. The molecule has 0 saturated carbocycles. The van der Waals surface area contributed by atoms with Crippen LogP contribution in [0.25, 0.3) is 0 Å². The van der Waals surface area contributed by atoms with Gasteiger partial charge in [0.05, 0.1) is 6.61 Å². The van der Waals surface area contributed by atoms with Gasteiger partial charge in [-0.2, -0.15) is 0 Å². The average molecular weight is 235 g/mol. The van der Waals surface area contributed by atoms with E-state index in [2.05, 4.69) is 50.4 Å². The number of ether oxygens (including phenoxy) is 1. The number of nitrogens with one attached hydrogen (secondary N) is 1. The lowest BCUT2D eigenvalue weighted by atomic mass is 9.95. The van der Waals surface area contributed by atoms with Crippen LogP contribution in [0.1, 0.15) is 44.7 Å². The highest BCUT2D eigenvalue weighted by Crippen LogP contribution is 2.15. The molecular weight excluding hydrogens is 210 g/mol. The fraction of sp³-hybridized carbons (Fsp3) is 0.600. The molecule has 1 rings (SSSR count). The maximum atomic E-state index is 5.10. The highest BCUT2D eigenvalue weighted by atomic mass is 16.5. The summed E-state index contributed by atoms with van der Waals surface area (Å²) in [7, 11) is 1.73. The Labute approximate surface area is 105 Å². The molecule has 96 valence electrons. The largest absolute Gasteiger partial charge is 0.380 e. The van der Waals surface area contributed by atoms with Crippen molar-refractivity contribution in [3.63, 3.8) is 0 Å². The Kier molecular flexibility index (Phi) is 5.66. The molecule has 0 aliphatic heterocycles. The second-order valence-electron chi connectivity index (χ2n) is 4.87. The molecule has 1 N–H and O–H groups in total. The zero-order valence-electron chi connectivity index (χ0n) is 11.5. The molecule has 1 aromatic carbocycles. The molecule has 0 heterocycles. The maximum absolute atomic E-state index is 5.10. The van der Waals surface area contributed by atoms with Crippen molar-refractivity contribution < 1.29 is 4.74 Å². The molecule has 0 aliphatic rings. The van der Waals surface area contributed by atoms with Gasteiger partial charge in [-0.25, -0.2) is 0 Å². The van der Waals surface area contributed by atoms with Crippen molar-refractivity contribution in [3.05, 3.63) is 35.4 Å². The molecule has 0 amide bonds. The maximum Gasteiger partial charge on any atom is 0.0713 e. The van der Waals surface area contributed by atoms with E-state index in [0.717, 1.165) is 19.4 Å². The van der Waals surface area contributed by atoms with Crippen LogP contribution in [0.5, 0.6) is 0 Å². The minimum absolute atomic E-state index is 0.255. The number of methoxy groups -OCH3 is 1. The van der Waals surface area contributed by atoms with E-state index >= 15 is 0 Å². The van der Waals surface area contributed by atoms with Gasteiger partial charge in [-0.05, 0) is 30.9 Å². The van der Waals surface area contributed by atoms with Gasteiger partial charge in [0.15, 0.2) is 0 Å². The molecule has 0 atom stereocenters. The van der Waals surface area contributed by atoms with Gasteiger partial charge in [0, 0.05) is 19.2 Å². The first-order chi connectivity index (χ1) is 8.13. The second kappa shape index (κ2) is 6.77. The van der Waals surface area contributed by atoms with Crippen LogP contribution < -0.4 is 5.32 Å². The highest BCUT2D eigenvalue weighted by Gasteiger charge is 2.17. The van der Waals surface area contributed by atoms with Crippen LogP contribution in [0.3, 0.4) is 0 Å². The van der Waals surface area contributed by atoms with Crippen LogP contribution in [0.15, 0.2) is 24.3 Å². The normalized spacial score (nSPS) is 11.8. The van der Waals surface area contributed by atoms with E-state index < -0.39 is 0 Å². The zero-order chi connectivity index (χ0) is 12.7. The van der Waals surface area contributed by atoms with Gasteiger partial charge in [-0.15, -0.1) is 0 Å². The van der Waals surface area contributed by atoms with Crippen LogP contribution in [-0.4, -0.2) is 12.6 Å². The Bertz CT molecular complexity index is 314. The predicted molar refractivity (Wildman–Crippen MR) is 73.0 cm³/mol. The number of rotatable bonds is 7. The van der Waals surface area contributed by atoms with Gasteiger partial charge >= 0.3 is 0 Å². The molecule has 0 aromatic heterocycles. The minimum Gasteiger partial charge on any atom is -0.380 e. The van der Waals surface area contributed by atoms with E-state index in [4.69, 9.17) is 4.74 Å². The van der Waals surface area contributed by atoms with Gasteiger partial charge < -0.3 is 10.1 Å². The van der Waals surface area contributed by atoms with Gasteiger partial charge in [0.25, 0.3) is 0 Å². The first kappa shape index (κ1) is 14.2. The lowest BCUT2D eigenvalue weighted by molar-refractivity contribution is 0.185. The lowest BCUT2D eigenvalue weighted by Gasteiger charge is -2.28. The SMILES string of the molecule is CCC(C)(CC)NCc1ccc(COC)cc1. The second-order valence-corrected chi connectivity index (χ2v) is 4.87. The van der Waals surface area contributed by atoms with Crippen molar-refractivity contribution in [3.8, 4) is 0 Å². The molecule has 0 radical (unpaired) electrons. The molecule has 2 nitrogen and oxygen atoms in total. The fourth-order valence-corrected chi connectivity index (χ4v) is 1.74. The van der Waals surface area contributed by atoms with Crippen molar-refractivity contribution in [1.29, 1.82) is 0 Å². The van der Waals surface area contributed by atoms with Crippen LogP contribution in [0, 0.1) is 0 Å². The number of benzene rings is 1. The summed E-state index contributed by atoms with van der Waals surface area (Å²) in [5.41, 5.74) is 2.81. The Morgan fingerprint density at radius 3 is 2.06 bits per heavy atom. The van der Waals surface area contributed by atoms with Crippen molar-refractivity contribution in [2.24, 2.45) is 0 Å². The van der Waals surface area contributed by atoms with Crippen molar-refractivity contribution in [2.45, 2.75) is 52.3 Å². The summed E-state index contributed by atoms with van der Waals surface area (Å²) in [6, 6.07) is 8.62. The lowest BCUT2D eigenvalue weighted by Crippen LogP contribution is -2.40. The van der Waals surface area contributed by atoms with Crippen LogP contribution in [0.4, 0.5) is 0 Å². The summed E-state index contributed by atoms with van der Waals surface area (Å²) in [6.45, 7) is 8.38. The van der Waals surface area contributed by atoms with E-state index in [-0.39, 0.29) is 5.54 Å². The highest BCUT2D eigenvalue weighted by molar-refractivity contribution is 5.22. The van der Waals surface area contributed by atoms with Crippen LogP contribution in [-0.2, 0) is 17.9 Å². The summed E-state index contributed by atoms with van der Waals surface area (Å²) < 4.78 is 5.10. The van der Waals surface area contributed by atoms with E-state index in [1.807, 2.05) is 0 Å². The van der Waals surface area contributed by atoms with Crippen molar-refractivity contribution in [1.82, 2.24) is 5.32 Å². The fourth-order valence-electron chi connectivity index (χ4n) is 1.74. The number of hydrogen-bond acceptors (Lipinski definition) is 2. The van der Waals surface area contributed by atoms with Gasteiger partial charge in [-0.3, -0.25) is 0 Å². The molecule has 17 heavy (non-hydrogen) atoms. The monoisotopic (exact) mass is 235 g/mol. The summed E-state index contributed by atoms with van der Waals surface area (Å²) in [5, 5.41) is 3.63. The summed E-state index contributed by atoms with van der Waals surface area (Å²) in [5.74, 6) is 0. The van der Waals surface area contributed by atoms with Gasteiger partial charge in [0.2, 0.25) is 0 Å². The van der Waals surface area contributed by atoms with Crippen LogP contribution >= 0.6 is 0 Å². The minimum atomic E-state index is 0.255. The van der Waals surface area contributed by atoms with Crippen LogP contribution in [0.2, 0.25) is 0 Å². The Balaban J connectivity index is 2.52. The zero-order valence-corrected chi connectivity index (χ0v) is 11.5. The third-order valence-corrected chi connectivity index (χ3v) is 3.61. The van der Waals surface area contributed by atoms with E-state index in [9.17, 15) is 0 Å². The van der Waals surface area contributed by atoms with Crippen molar-refractivity contribution >= 4 is 0 Å². The van der Waals surface area contributed by atoms with Gasteiger partial charge in [0.1, 0.15) is 0 Å². The molecule has 2 heteroatoms. The molecule has 0 unspecified atom stereocenters. The topological polar surface area (TPSA) is 21.3 Å². The first-order valence-electron chi connectivity index (χ1n) is 6.45. The Hall–Kier alpha value is -0.860. The molecule has 0 saturated heterocycles. The van der Waals surface area contributed by atoms with E-state index in [0.29, 0.717) is 6.61 Å². The molecule has 1 aromatic rings. The summed E-state index contributed by atoms with van der Waals surface area (Å²) in [6.07, 6.45) is 2.32. The van der Waals surface area contributed by atoms with Gasteiger partial charge in [-0.1, -0.05) is 38.1 Å². The Morgan fingerprint density at radius 1 is 1.06 bits per heavy atom. The Morgan fingerprint density at radius 2 is 1.59 bits per heavy atom.